The summed E-state index contributed by atoms with van der Waals surface area (Å²) in [7, 11) is 0. The zero-order valence-corrected chi connectivity index (χ0v) is 15.0. The van der Waals surface area contributed by atoms with Gasteiger partial charge in [-0.25, -0.2) is 0 Å². The fourth-order valence-corrected chi connectivity index (χ4v) is 3.63. The van der Waals surface area contributed by atoms with Gasteiger partial charge < -0.3 is 21.4 Å². The first kappa shape index (κ1) is 19.1. The number of nitrogens with zero attached hydrogens (tertiary/aromatic N) is 1. The van der Waals surface area contributed by atoms with Crippen LogP contribution in [-0.4, -0.2) is 27.5 Å². The highest BCUT2D eigenvalue weighted by molar-refractivity contribution is 9.11. The molecule has 0 unspecified atom stereocenters. The lowest BCUT2D eigenvalue weighted by Crippen LogP contribution is -2.34. The minimum Gasteiger partial charge on any atom is -0.398 e. The van der Waals surface area contributed by atoms with Crippen molar-refractivity contribution in [3.8, 4) is 0 Å². The van der Waals surface area contributed by atoms with Crippen LogP contribution in [-0.2, 0) is 6.54 Å². The lowest BCUT2D eigenvalue weighted by Gasteiger charge is -2.26. The molecule has 0 radical (unpaired) electrons. The standard InChI is InChI=1S/C13H18Br2N2O.HNO3/c14-9-5-8(13(16)12(15)6-9)7-17-10-1-3-11(18)4-2-10;2-1(3)4/h5-6,10-11,17-18H,1-4,7,16H2;(H,2,3,4). The summed E-state index contributed by atoms with van der Waals surface area (Å²) in [4.78, 5) is 8.36. The average molecular weight is 441 g/mol. The van der Waals surface area contributed by atoms with Crippen LogP contribution in [0.4, 0.5) is 5.69 Å². The molecule has 5 N–H and O–H groups in total. The molecule has 0 heterocycles. The summed E-state index contributed by atoms with van der Waals surface area (Å²) in [6.07, 6.45) is 3.77. The van der Waals surface area contributed by atoms with E-state index in [-0.39, 0.29) is 6.10 Å². The molecule has 1 aliphatic carbocycles. The third-order valence-corrected chi connectivity index (χ3v) is 4.57. The lowest BCUT2D eigenvalue weighted by molar-refractivity contribution is -0.742. The van der Waals surface area contributed by atoms with Crippen LogP contribution in [0, 0.1) is 10.1 Å². The molecule has 22 heavy (non-hydrogen) atoms. The molecule has 0 spiro atoms. The van der Waals surface area contributed by atoms with Crippen molar-refractivity contribution in [1.82, 2.24) is 5.32 Å². The number of nitrogens with one attached hydrogen (secondary N) is 1. The van der Waals surface area contributed by atoms with E-state index in [1.165, 1.54) is 0 Å². The number of nitrogen functional groups attached to an aromatic ring is 1. The summed E-state index contributed by atoms with van der Waals surface area (Å²) in [5.74, 6) is 0. The summed E-state index contributed by atoms with van der Waals surface area (Å²) in [5.41, 5.74) is 7.93. The maximum atomic E-state index is 9.47. The molecule has 1 aromatic rings. The van der Waals surface area contributed by atoms with Gasteiger partial charge in [0.1, 0.15) is 0 Å². The molecule has 0 amide bonds. The number of aliphatic hydroxyl groups is 1. The van der Waals surface area contributed by atoms with Crippen LogP contribution < -0.4 is 11.1 Å². The fraction of sp³-hybridized carbons (Fsp3) is 0.538. The third kappa shape index (κ3) is 6.91. The third-order valence-electron chi connectivity index (χ3n) is 3.46. The van der Waals surface area contributed by atoms with Crippen molar-refractivity contribution in [2.45, 2.75) is 44.4 Å². The molecule has 0 saturated heterocycles. The first-order valence-corrected chi connectivity index (χ1v) is 8.36. The molecule has 9 heteroatoms. The van der Waals surface area contributed by atoms with Crippen molar-refractivity contribution in [2.24, 2.45) is 0 Å². The Bertz CT molecular complexity index is 504. The maximum absolute atomic E-state index is 9.47. The minimum absolute atomic E-state index is 0.104. The van der Waals surface area contributed by atoms with E-state index in [4.69, 9.17) is 21.1 Å². The topological polar surface area (TPSA) is 122 Å². The van der Waals surface area contributed by atoms with Gasteiger partial charge in [-0.15, -0.1) is 10.1 Å². The lowest BCUT2D eigenvalue weighted by atomic mass is 9.93. The normalized spacial score (nSPS) is 20.9. The summed E-state index contributed by atoms with van der Waals surface area (Å²) in [6.45, 7) is 0.768. The van der Waals surface area contributed by atoms with Gasteiger partial charge in [-0.1, -0.05) is 15.9 Å². The number of hydrogen-bond acceptors (Lipinski definition) is 5. The van der Waals surface area contributed by atoms with E-state index in [0.717, 1.165) is 52.4 Å². The second kappa shape index (κ2) is 9.29. The van der Waals surface area contributed by atoms with Crippen LogP contribution in [0.1, 0.15) is 31.2 Å². The van der Waals surface area contributed by atoms with E-state index >= 15 is 0 Å². The van der Waals surface area contributed by atoms with E-state index in [0.29, 0.717) is 6.04 Å². The molecule has 7 nitrogen and oxygen atoms in total. The van der Waals surface area contributed by atoms with Gasteiger partial charge in [0.25, 0.3) is 5.09 Å². The first-order chi connectivity index (χ1) is 10.3. The Morgan fingerprint density at radius 2 is 1.86 bits per heavy atom. The Balaban J connectivity index is 0.000000541. The van der Waals surface area contributed by atoms with Gasteiger partial charge >= 0.3 is 0 Å². The molecule has 0 bridgehead atoms. The molecule has 0 aliphatic heterocycles. The van der Waals surface area contributed by atoms with Gasteiger partial charge in [-0.05, 0) is 59.3 Å². The number of benzene rings is 1. The van der Waals surface area contributed by atoms with Gasteiger partial charge in [-0.2, -0.15) is 0 Å². The molecule has 0 atom stereocenters. The van der Waals surface area contributed by atoms with Gasteiger partial charge in [0.15, 0.2) is 0 Å². The smallest absolute Gasteiger partial charge is 0.291 e. The summed E-state index contributed by atoms with van der Waals surface area (Å²) in [5, 5.41) is 26.6. The Morgan fingerprint density at radius 1 is 1.32 bits per heavy atom. The maximum Gasteiger partial charge on any atom is 0.291 e. The van der Waals surface area contributed by atoms with Gasteiger partial charge in [0.2, 0.25) is 0 Å². The van der Waals surface area contributed by atoms with E-state index < -0.39 is 5.09 Å². The van der Waals surface area contributed by atoms with Gasteiger partial charge in [0.05, 0.1) is 11.8 Å². The monoisotopic (exact) mass is 439 g/mol. The van der Waals surface area contributed by atoms with Gasteiger partial charge in [-0.3, -0.25) is 0 Å². The SMILES string of the molecule is Nc1c(Br)cc(Br)cc1CNC1CCC(O)CC1.O=[N+]([O-])O. The van der Waals surface area contributed by atoms with E-state index in [9.17, 15) is 5.11 Å². The van der Waals surface area contributed by atoms with Crippen LogP contribution in [0.3, 0.4) is 0 Å². The van der Waals surface area contributed by atoms with E-state index in [2.05, 4.69) is 37.2 Å². The molecule has 124 valence electrons. The van der Waals surface area contributed by atoms with Crippen LogP contribution >= 0.6 is 31.9 Å². The Kier molecular flexibility index (Phi) is 8.08. The highest BCUT2D eigenvalue weighted by Gasteiger charge is 2.19. The highest BCUT2D eigenvalue weighted by Crippen LogP contribution is 2.28. The quantitative estimate of drug-likeness (QED) is 0.325. The largest absolute Gasteiger partial charge is 0.398 e. The van der Waals surface area contributed by atoms with Crippen molar-refractivity contribution < 1.29 is 15.4 Å². The second-order valence-corrected chi connectivity index (χ2v) is 6.85. The summed E-state index contributed by atoms with van der Waals surface area (Å²) >= 11 is 6.93. The zero-order valence-electron chi connectivity index (χ0n) is 11.8. The van der Waals surface area contributed by atoms with Crippen molar-refractivity contribution in [3.63, 3.8) is 0 Å². The Hall–Kier alpha value is -0.900. The molecular formula is C13H19Br2N3O4. The van der Waals surface area contributed by atoms with Crippen molar-refractivity contribution >= 4 is 37.5 Å². The number of nitrogens with two attached hydrogens (primary N) is 1. The number of halogens is 2. The first-order valence-electron chi connectivity index (χ1n) is 6.77. The number of aliphatic hydroxyl groups excluding tert-OH is 1. The average Bonchev–Trinajstić information content (AvgIpc) is 2.42. The molecule has 1 saturated carbocycles. The fourth-order valence-electron chi connectivity index (χ4n) is 2.32. The summed E-state index contributed by atoms with van der Waals surface area (Å²) in [6, 6.07) is 4.49. The van der Waals surface area contributed by atoms with Crippen LogP contribution in [0.2, 0.25) is 0 Å². The minimum atomic E-state index is -1.50. The molecule has 1 aromatic carbocycles. The molecule has 2 rings (SSSR count). The number of hydrogen-bond donors (Lipinski definition) is 4. The van der Waals surface area contributed by atoms with Crippen LogP contribution in [0.25, 0.3) is 0 Å². The molecule has 1 aliphatic rings. The van der Waals surface area contributed by atoms with Gasteiger partial charge in [0, 0.05) is 21.5 Å². The molecular weight excluding hydrogens is 422 g/mol. The Morgan fingerprint density at radius 3 is 2.41 bits per heavy atom. The van der Waals surface area contributed by atoms with E-state index in [1.54, 1.807) is 0 Å². The predicted molar refractivity (Wildman–Crippen MR) is 90.1 cm³/mol. The zero-order chi connectivity index (χ0) is 16.7. The predicted octanol–water partition coefficient (Wildman–Crippen LogP) is 2.84. The molecule has 1 fully saturated rings. The van der Waals surface area contributed by atoms with Crippen molar-refractivity contribution in [2.75, 3.05) is 5.73 Å². The Labute approximate surface area is 145 Å². The van der Waals surface area contributed by atoms with Crippen LogP contribution in [0.5, 0.6) is 0 Å². The second-order valence-electron chi connectivity index (χ2n) is 5.08. The van der Waals surface area contributed by atoms with Crippen molar-refractivity contribution in [1.29, 1.82) is 0 Å². The summed E-state index contributed by atoms with van der Waals surface area (Å²) < 4.78 is 1.95. The van der Waals surface area contributed by atoms with Crippen LogP contribution in [0.15, 0.2) is 21.1 Å². The van der Waals surface area contributed by atoms with Crippen molar-refractivity contribution in [3.05, 3.63) is 36.8 Å². The number of anilines is 1. The van der Waals surface area contributed by atoms with E-state index in [1.807, 2.05) is 12.1 Å². The number of rotatable bonds is 3. The highest BCUT2D eigenvalue weighted by atomic mass is 79.9. The molecule has 0 aromatic heterocycles.